The van der Waals surface area contributed by atoms with Gasteiger partial charge in [-0.15, -0.1) is 24.0 Å². The van der Waals surface area contributed by atoms with E-state index in [9.17, 15) is 5.11 Å². The van der Waals surface area contributed by atoms with Gasteiger partial charge in [0.2, 0.25) is 0 Å². The van der Waals surface area contributed by atoms with Gasteiger partial charge in [0.05, 0.1) is 0 Å². The van der Waals surface area contributed by atoms with Gasteiger partial charge in [0.25, 0.3) is 0 Å². The zero-order valence-corrected chi connectivity index (χ0v) is 20.8. The summed E-state index contributed by atoms with van der Waals surface area (Å²) in [6.45, 7) is 11.8. The highest BCUT2D eigenvalue weighted by atomic mass is 127. The summed E-state index contributed by atoms with van der Waals surface area (Å²) in [5.41, 5.74) is 1.43. The Bertz CT molecular complexity index is 531. The molecule has 0 saturated carbocycles. The number of hydrogen-bond acceptors (Lipinski definition) is 4. The molecule has 1 unspecified atom stereocenters. The minimum Gasteiger partial charge on any atom is -0.396 e. The van der Waals surface area contributed by atoms with Crippen LogP contribution in [0.3, 0.4) is 0 Å². The molecule has 0 radical (unpaired) electrons. The summed E-state index contributed by atoms with van der Waals surface area (Å²) in [6, 6.07) is 2.72. The first-order chi connectivity index (χ1) is 13.1. The van der Waals surface area contributed by atoms with Crippen molar-refractivity contribution in [1.29, 1.82) is 0 Å². The van der Waals surface area contributed by atoms with E-state index in [4.69, 9.17) is 4.99 Å². The van der Waals surface area contributed by atoms with Gasteiger partial charge in [-0.05, 0) is 66.8 Å². The smallest absolute Gasteiger partial charge is 0.191 e. The summed E-state index contributed by atoms with van der Waals surface area (Å²) in [5.74, 6) is 2.03. The third-order valence-electron chi connectivity index (χ3n) is 5.11. The number of aliphatic hydroxyl groups excluding tert-OH is 1. The van der Waals surface area contributed by atoms with Crippen LogP contribution in [0.5, 0.6) is 0 Å². The number of hydrogen-bond donors (Lipinski definition) is 3. The van der Waals surface area contributed by atoms with Gasteiger partial charge in [0, 0.05) is 45.4 Å². The van der Waals surface area contributed by atoms with E-state index in [1.807, 2.05) is 0 Å². The molecule has 0 spiro atoms. The summed E-state index contributed by atoms with van der Waals surface area (Å²) >= 11 is 1.78. The second kappa shape index (κ2) is 14.6. The van der Waals surface area contributed by atoms with Crippen molar-refractivity contribution in [2.75, 3.05) is 32.8 Å². The summed E-state index contributed by atoms with van der Waals surface area (Å²) < 4.78 is 0. The molecule has 1 aliphatic rings. The normalized spacial score (nSPS) is 17.4. The molecule has 1 aliphatic heterocycles. The minimum atomic E-state index is 0. The Kier molecular flexibility index (Phi) is 13.4. The Balaban J connectivity index is 0.00000392. The van der Waals surface area contributed by atoms with Gasteiger partial charge in [0.15, 0.2) is 5.96 Å². The highest BCUT2D eigenvalue weighted by Crippen LogP contribution is 2.17. The molecule has 0 amide bonds. The van der Waals surface area contributed by atoms with Gasteiger partial charge in [-0.25, -0.2) is 0 Å². The first-order valence-corrected chi connectivity index (χ1v) is 11.4. The number of halogens is 1. The molecule has 1 saturated heterocycles. The molecule has 0 aliphatic carbocycles. The maximum atomic E-state index is 9.31. The molecule has 28 heavy (non-hydrogen) atoms. The molecular formula is C21H39IN4OS. The lowest BCUT2D eigenvalue weighted by Gasteiger charge is -2.33. The number of nitrogens with one attached hydrogen (secondary N) is 2. The highest BCUT2D eigenvalue weighted by Gasteiger charge is 2.20. The number of likely N-dealkylation sites (tertiary alicyclic amines) is 1. The van der Waals surface area contributed by atoms with Crippen molar-refractivity contribution in [2.45, 2.75) is 59.0 Å². The fraction of sp³-hybridized carbons (Fsp3) is 0.762. The number of aliphatic imine (C=N–C) groups is 1. The molecule has 1 fully saturated rings. The van der Waals surface area contributed by atoms with Crippen molar-refractivity contribution in [3.63, 3.8) is 0 Å². The molecule has 1 aromatic heterocycles. The second-order valence-corrected chi connectivity index (χ2v) is 8.83. The van der Waals surface area contributed by atoms with Crippen molar-refractivity contribution in [3.05, 3.63) is 22.4 Å². The quantitative estimate of drug-likeness (QED) is 0.248. The predicted octanol–water partition coefficient (Wildman–Crippen LogP) is 3.93. The SMILES string of the molecule is CCNC(=NCC(CCO)CC(C)C)NC1CCN(Cc2ccsc2)CC1.I. The van der Waals surface area contributed by atoms with E-state index in [0.717, 1.165) is 64.4 Å². The van der Waals surface area contributed by atoms with Gasteiger partial charge in [-0.2, -0.15) is 11.3 Å². The van der Waals surface area contributed by atoms with Crippen LogP contribution in [-0.4, -0.2) is 54.8 Å². The largest absolute Gasteiger partial charge is 0.396 e. The molecule has 7 heteroatoms. The van der Waals surface area contributed by atoms with Crippen LogP contribution in [0, 0.1) is 11.8 Å². The Morgan fingerprint density at radius 1 is 1.36 bits per heavy atom. The van der Waals surface area contributed by atoms with E-state index in [2.05, 4.69) is 53.1 Å². The van der Waals surface area contributed by atoms with E-state index in [-0.39, 0.29) is 30.6 Å². The van der Waals surface area contributed by atoms with Crippen molar-refractivity contribution < 1.29 is 5.11 Å². The third kappa shape index (κ3) is 9.89. The van der Waals surface area contributed by atoms with Gasteiger partial charge in [-0.1, -0.05) is 13.8 Å². The Labute approximate surface area is 192 Å². The molecule has 0 aromatic carbocycles. The number of rotatable bonds is 10. The average molecular weight is 523 g/mol. The standard InChI is InChI=1S/C21H38N4OS.HI/c1-4-22-21(23-14-18(7-11-26)13-17(2)3)24-20-5-9-25(10-6-20)15-19-8-12-27-16-19;/h8,12,16-18,20,26H,4-7,9-11,13-15H2,1-3H3,(H2,22,23,24);1H. The van der Waals surface area contributed by atoms with E-state index in [1.165, 1.54) is 5.56 Å². The van der Waals surface area contributed by atoms with E-state index in [1.54, 1.807) is 11.3 Å². The van der Waals surface area contributed by atoms with Crippen LogP contribution in [0.4, 0.5) is 0 Å². The summed E-state index contributed by atoms with van der Waals surface area (Å²) in [5, 5.41) is 20.8. The summed E-state index contributed by atoms with van der Waals surface area (Å²) in [6.07, 6.45) is 4.26. The lowest BCUT2D eigenvalue weighted by atomic mass is 9.94. The van der Waals surface area contributed by atoms with Crippen molar-refractivity contribution in [3.8, 4) is 0 Å². The predicted molar refractivity (Wildman–Crippen MR) is 132 cm³/mol. The maximum Gasteiger partial charge on any atom is 0.191 e. The van der Waals surface area contributed by atoms with Crippen LogP contribution >= 0.6 is 35.3 Å². The third-order valence-corrected chi connectivity index (χ3v) is 5.84. The lowest BCUT2D eigenvalue weighted by Crippen LogP contribution is -2.48. The summed E-state index contributed by atoms with van der Waals surface area (Å²) in [7, 11) is 0. The molecule has 162 valence electrons. The Morgan fingerprint density at radius 3 is 2.68 bits per heavy atom. The lowest BCUT2D eigenvalue weighted by molar-refractivity contribution is 0.198. The molecular weight excluding hydrogens is 483 g/mol. The molecule has 0 bridgehead atoms. The number of aliphatic hydroxyl groups is 1. The van der Waals surface area contributed by atoms with E-state index < -0.39 is 0 Å². The van der Waals surface area contributed by atoms with Crippen molar-refractivity contribution in [1.82, 2.24) is 15.5 Å². The van der Waals surface area contributed by atoms with Crippen LogP contribution in [0.15, 0.2) is 21.8 Å². The fourth-order valence-corrected chi connectivity index (χ4v) is 4.40. The molecule has 5 nitrogen and oxygen atoms in total. The van der Waals surface area contributed by atoms with Gasteiger partial charge < -0.3 is 15.7 Å². The van der Waals surface area contributed by atoms with Crippen molar-refractivity contribution >= 4 is 41.3 Å². The maximum absolute atomic E-state index is 9.31. The van der Waals surface area contributed by atoms with Crippen LogP contribution in [-0.2, 0) is 6.54 Å². The zero-order valence-electron chi connectivity index (χ0n) is 17.7. The second-order valence-electron chi connectivity index (χ2n) is 8.05. The molecule has 3 N–H and O–H groups in total. The number of guanidine groups is 1. The van der Waals surface area contributed by atoms with Gasteiger partial charge in [0.1, 0.15) is 0 Å². The Hall–Kier alpha value is -0.380. The molecule has 2 rings (SSSR count). The van der Waals surface area contributed by atoms with Crippen molar-refractivity contribution in [2.24, 2.45) is 16.8 Å². The van der Waals surface area contributed by atoms with E-state index in [0.29, 0.717) is 17.9 Å². The fourth-order valence-electron chi connectivity index (χ4n) is 3.74. The first kappa shape index (κ1) is 25.7. The number of thiophene rings is 1. The number of nitrogens with zero attached hydrogens (tertiary/aromatic N) is 2. The molecule has 1 atom stereocenters. The monoisotopic (exact) mass is 522 g/mol. The van der Waals surface area contributed by atoms with Crippen LogP contribution in [0.2, 0.25) is 0 Å². The van der Waals surface area contributed by atoms with E-state index >= 15 is 0 Å². The van der Waals surface area contributed by atoms with Crippen LogP contribution in [0.1, 0.15) is 52.0 Å². The number of piperidine rings is 1. The Morgan fingerprint density at radius 2 is 2.11 bits per heavy atom. The summed E-state index contributed by atoms with van der Waals surface area (Å²) in [4.78, 5) is 7.38. The topological polar surface area (TPSA) is 59.9 Å². The van der Waals surface area contributed by atoms with Gasteiger partial charge >= 0.3 is 0 Å². The minimum absolute atomic E-state index is 0. The van der Waals surface area contributed by atoms with Gasteiger partial charge in [-0.3, -0.25) is 9.89 Å². The highest BCUT2D eigenvalue weighted by molar-refractivity contribution is 14.0. The first-order valence-electron chi connectivity index (χ1n) is 10.5. The molecule has 1 aromatic rings. The molecule has 2 heterocycles. The zero-order chi connectivity index (χ0) is 19.5. The van der Waals surface area contributed by atoms with Crippen LogP contribution < -0.4 is 10.6 Å². The average Bonchev–Trinajstić information content (AvgIpc) is 3.14. The van der Waals surface area contributed by atoms with Crippen LogP contribution in [0.25, 0.3) is 0 Å².